The van der Waals surface area contributed by atoms with Gasteiger partial charge < -0.3 is 0 Å². The molecule has 2 aliphatic carbocycles. The molecule has 2 atom stereocenters. The van der Waals surface area contributed by atoms with E-state index in [9.17, 15) is 4.79 Å². The van der Waals surface area contributed by atoms with Crippen molar-refractivity contribution in [1.82, 2.24) is 0 Å². The molecule has 1 fully saturated rings. The van der Waals surface area contributed by atoms with Crippen LogP contribution in [0.5, 0.6) is 0 Å². The third-order valence-corrected chi connectivity index (χ3v) is 4.77. The van der Waals surface area contributed by atoms with Crippen LogP contribution >= 0.6 is 0 Å². The zero-order valence-electron chi connectivity index (χ0n) is 10.4. The monoisotopic (exact) mass is 206 g/mol. The van der Waals surface area contributed by atoms with Gasteiger partial charge >= 0.3 is 0 Å². The fraction of sp³-hybridized carbons (Fsp3) is 0.786. The third-order valence-electron chi connectivity index (χ3n) is 4.77. The van der Waals surface area contributed by atoms with Crippen LogP contribution in [-0.2, 0) is 4.79 Å². The standard InChI is InChI=1S/C14H22O/c1-10-6-7-11-13(2,3)8-5-9-14(11,4)12(10)15/h6,11H,5,7-9H2,1-4H3/t11-,14+/m1/s1. The van der Waals surface area contributed by atoms with Crippen molar-refractivity contribution in [2.75, 3.05) is 0 Å². The van der Waals surface area contributed by atoms with Gasteiger partial charge in [-0.2, -0.15) is 0 Å². The molecule has 0 aliphatic heterocycles. The van der Waals surface area contributed by atoms with Crippen molar-refractivity contribution in [2.24, 2.45) is 16.7 Å². The van der Waals surface area contributed by atoms with E-state index in [1.54, 1.807) is 0 Å². The summed E-state index contributed by atoms with van der Waals surface area (Å²) in [6, 6.07) is 0. The number of carbonyl (C=O) groups excluding carboxylic acids is 1. The Morgan fingerprint density at radius 1 is 1.27 bits per heavy atom. The average molecular weight is 206 g/mol. The second-order valence-corrected chi connectivity index (χ2v) is 6.26. The van der Waals surface area contributed by atoms with Crippen LogP contribution in [0.2, 0.25) is 0 Å². The number of fused-ring (bicyclic) bond motifs is 1. The quantitative estimate of drug-likeness (QED) is 0.590. The van der Waals surface area contributed by atoms with E-state index in [2.05, 4.69) is 26.8 Å². The lowest BCUT2D eigenvalue weighted by atomic mass is 9.52. The highest BCUT2D eigenvalue weighted by molar-refractivity contribution is 6.00. The van der Waals surface area contributed by atoms with Gasteiger partial charge in [-0.3, -0.25) is 4.79 Å². The summed E-state index contributed by atoms with van der Waals surface area (Å²) in [5.41, 5.74) is 1.26. The molecule has 1 saturated carbocycles. The van der Waals surface area contributed by atoms with Gasteiger partial charge in [0.1, 0.15) is 0 Å². The summed E-state index contributed by atoms with van der Waals surface area (Å²) in [6.45, 7) is 8.83. The minimum atomic E-state index is -0.0689. The maximum atomic E-state index is 12.3. The summed E-state index contributed by atoms with van der Waals surface area (Å²) >= 11 is 0. The largest absolute Gasteiger partial charge is 0.294 e. The van der Waals surface area contributed by atoms with Gasteiger partial charge in [0.25, 0.3) is 0 Å². The van der Waals surface area contributed by atoms with Crippen LogP contribution in [0.4, 0.5) is 0 Å². The van der Waals surface area contributed by atoms with Gasteiger partial charge in [-0.1, -0.05) is 33.3 Å². The molecule has 1 nitrogen and oxygen atoms in total. The van der Waals surface area contributed by atoms with E-state index in [0.29, 0.717) is 17.1 Å². The van der Waals surface area contributed by atoms with E-state index in [4.69, 9.17) is 0 Å². The van der Waals surface area contributed by atoms with E-state index in [0.717, 1.165) is 18.4 Å². The molecule has 2 aliphatic rings. The van der Waals surface area contributed by atoms with Crippen LogP contribution in [0.3, 0.4) is 0 Å². The molecular weight excluding hydrogens is 184 g/mol. The van der Waals surface area contributed by atoms with Crippen molar-refractivity contribution in [3.8, 4) is 0 Å². The average Bonchev–Trinajstić information content (AvgIpc) is 2.12. The van der Waals surface area contributed by atoms with E-state index in [1.807, 2.05) is 6.92 Å². The molecule has 84 valence electrons. The van der Waals surface area contributed by atoms with Crippen molar-refractivity contribution in [2.45, 2.75) is 53.4 Å². The molecular formula is C14H22O. The normalized spacial score (nSPS) is 39.6. The van der Waals surface area contributed by atoms with Crippen LogP contribution in [-0.4, -0.2) is 5.78 Å². The van der Waals surface area contributed by atoms with E-state index < -0.39 is 0 Å². The Bertz CT molecular complexity index is 324. The number of Topliss-reactive ketones (excluding diaryl/α,β-unsaturated/α-hetero) is 1. The molecule has 0 amide bonds. The van der Waals surface area contributed by atoms with Crippen molar-refractivity contribution >= 4 is 5.78 Å². The highest BCUT2D eigenvalue weighted by Crippen LogP contribution is 2.55. The first kappa shape index (κ1) is 10.9. The number of allylic oxidation sites excluding steroid dienone is 2. The Morgan fingerprint density at radius 2 is 1.93 bits per heavy atom. The van der Waals surface area contributed by atoms with Gasteiger partial charge in [0.05, 0.1) is 0 Å². The molecule has 0 aromatic carbocycles. The first-order chi connectivity index (χ1) is 6.88. The van der Waals surface area contributed by atoms with Crippen molar-refractivity contribution in [3.05, 3.63) is 11.6 Å². The summed E-state index contributed by atoms with van der Waals surface area (Å²) in [7, 11) is 0. The van der Waals surface area contributed by atoms with Crippen molar-refractivity contribution in [1.29, 1.82) is 0 Å². The van der Waals surface area contributed by atoms with Crippen LogP contribution in [0.25, 0.3) is 0 Å². The summed E-state index contributed by atoms with van der Waals surface area (Å²) < 4.78 is 0. The summed E-state index contributed by atoms with van der Waals surface area (Å²) in [5, 5.41) is 0. The Labute approximate surface area is 92.9 Å². The molecule has 0 unspecified atom stereocenters. The predicted molar refractivity (Wildman–Crippen MR) is 62.6 cm³/mol. The Balaban J connectivity index is 2.42. The third kappa shape index (κ3) is 1.47. The van der Waals surface area contributed by atoms with E-state index >= 15 is 0 Å². The topological polar surface area (TPSA) is 17.1 Å². The Hall–Kier alpha value is -0.590. The molecule has 2 rings (SSSR count). The zero-order valence-corrected chi connectivity index (χ0v) is 10.4. The molecule has 0 aromatic rings. The number of ketones is 1. The maximum Gasteiger partial charge on any atom is 0.164 e. The van der Waals surface area contributed by atoms with Gasteiger partial charge in [0.15, 0.2) is 5.78 Å². The number of carbonyl (C=O) groups is 1. The fourth-order valence-corrected chi connectivity index (χ4v) is 3.81. The van der Waals surface area contributed by atoms with Gasteiger partial charge in [-0.05, 0) is 43.1 Å². The first-order valence-corrected chi connectivity index (χ1v) is 6.09. The minimum Gasteiger partial charge on any atom is -0.294 e. The molecule has 0 radical (unpaired) electrons. The molecule has 0 heterocycles. The second kappa shape index (κ2) is 3.20. The van der Waals surface area contributed by atoms with Crippen molar-refractivity contribution in [3.63, 3.8) is 0 Å². The van der Waals surface area contributed by atoms with Crippen LogP contribution in [0.1, 0.15) is 53.4 Å². The van der Waals surface area contributed by atoms with E-state index in [1.165, 1.54) is 12.8 Å². The van der Waals surface area contributed by atoms with Gasteiger partial charge in [-0.25, -0.2) is 0 Å². The van der Waals surface area contributed by atoms with Crippen LogP contribution in [0, 0.1) is 16.7 Å². The van der Waals surface area contributed by atoms with Crippen LogP contribution in [0.15, 0.2) is 11.6 Å². The maximum absolute atomic E-state index is 12.3. The highest BCUT2D eigenvalue weighted by atomic mass is 16.1. The number of hydrogen-bond donors (Lipinski definition) is 0. The molecule has 0 aromatic heterocycles. The van der Waals surface area contributed by atoms with Gasteiger partial charge in [-0.15, -0.1) is 0 Å². The molecule has 0 saturated heterocycles. The second-order valence-electron chi connectivity index (χ2n) is 6.26. The number of rotatable bonds is 0. The Morgan fingerprint density at radius 3 is 2.60 bits per heavy atom. The Kier molecular flexibility index (Phi) is 2.33. The molecule has 1 heteroatoms. The summed E-state index contributed by atoms with van der Waals surface area (Å²) in [6.07, 6.45) is 6.82. The lowest BCUT2D eigenvalue weighted by Crippen LogP contribution is -2.48. The zero-order chi connectivity index (χ0) is 11.3. The molecule has 0 spiro atoms. The lowest BCUT2D eigenvalue weighted by Gasteiger charge is -2.51. The summed E-state index contributed by atoms with van der Waals surface area (Å²) in [5.74, 6) is 0.960. The van der Waals surface area contributed by atoms with Gasteiger partial charge in [0, 0.05) is 5.41 Å². The fourth-order valence-electron chi connectivity index (χ4n) is 3.81. The lowest BCUT2D eigenvalue weighted by molar-refractivity contribution is -0.135. The first-order valence-electron chi connectivity index (χ1n) is 6.09. The summed E-state index contributed by atoms with van der Waals surface area (Å²) in [4.78, 5) is 12.3. The van der Waals surface area contributed by atoms with Crippen molar-refractivity contribution < 1.29 is 4.79 Å². The van der Waals surface area contributed by atoms with E-state index in [-0.39, 0.29) is 5.41 Å². The smallest absolute Gasteiger partial charge is 0.164 e. The highest BCUT2D eigenvalue weighted by Gasteiger charge is 2.51. The molecule has 15 heavy (non-hydrogen) atoms. The number of hydrogen-bond acceptors (Lipinski definition) is 1. The SMILES string of the molecule is CC1=CC[C@@H]2C(C)(C)CCC[C@]2(C)C1=O. The minimum absolute atomic E-state index is 0.0689. The van der Waals surface area contributed by atoms with Gasteiger partial charge in [0.2, 0.25) is 0 Å². The predicted octanol–water partition coefficient (Wildman–Crippen LogP) is 3.74. The molecule has 0 bridgehead atoms. The van der Waals surface area contributed by atoms with Crippen LogP contribution < -0.4 is 0 Å². The molecule has 0 N–H and O–H groups in total.